The van der Waals surface area contributed by atoms with Gasteiger partial charge >= 0.3 is 0 Å². The van der Waals surface area contributed by atoms with Crippen LogP contribution in [0.1, 0.15) is 30.8 Å². The second kappa shape index (κ2) is 6.09. The summed E-state index contributed by atoms with van der Waals surface area (Å²) in [6.07, 6.45) is 0.204. The monoisotopic (exact) mass is 274 g/mol. The molecule has 4 nitrogen and oxygen atoms in total. The lowest BCUT2D eigenvalue weighted by molar-refractivity contribution is 0.0913. The van der Waals surface area contributed by atoms with Crippen LogP contribution in [0.3, 0.4) is 0 Å². The molecule has 0 saturated heterocycles. The predicted molar refractivity (Wildman–Crippen MR) is 80.7 cm³/mol. The largest absolute Gasteiger partial charge is 0.393 e. The highest BCUT2D eigenvalue weighted by Gasteiger charge is 2.14. The number of hydrogen-bond donors (Lipinski definition) is 2. The minimum atomic E-state index is -0.372. The molecule has 0 aliphatic heterocycles. The van der Waals surface area contributed by atoms with E-state index in [1.54, 1.807) is 0 Å². The van der Waals surface area contributed by atoms with Crippen LogP contribution in [0.5, 0.6) is 0 Å². The van der Waals surface area contributed by atoms with Crippen LogP contribution in [-0.4, -0.2) is 28.2 Å². The van der Waals surface area contributed by atoms with Gasteiger partial charge in [0.15, 0.2) is 0 Å². The van der Waals surface area contributed by atoms with E-state index in [0.29, 0.717) is 18.7 Å². The molecule has 2 rings (SSSR count). The highest BCUT2D eigenvalue weighted by Crippen LogP contribution is 2.18. The van der Waals surface area contributed by atoms with E-state index in [2.05, 4.69) is 5.32 Å². The summed E-state index contributed by atoms with van der Waals surface area (Å²) in [5.74, 6) is 0.115. The number of aliphatic hydroxyl groups is 1. The van der Waals surface area contributed by atoms with Crippen LogP contribution in [0.25, 0.3) is 10.9 Å². The van der Waals surface area contributed by atoms with Crippen molar-refractivity contribution in [3.05, 3.63) is 36.0 Å². The van der Waals surface area contributed by atoms with Crippen LogP contribution in [0.2, 0.25) is 0 Å². The van der Waals surface area contributed by atoms with Gasteiger partial charge in [-0.2, -0.15) is 0 Å². The summed E-state index contributed by atoms with van der Waals surface area (Å²) in [5, 5.41) is 13.6. The summed E-state index contributed by atoms with van der Waals surface area (Å²) in [4.78, 5) is 12.2. The second-order valence-electron chi connectivity index (χ2n) is 5.50. The number of nitrogens with zero attached hydrogens (tertiary/aromatic N) is 1. The Morgan fingerprint density at radius 1 is 1.35 bits per heavy atom. The second-order valence-corrected chi connectivity index (χ2v) is 5.50. The van der Waals surface area contributed by atoms with Gasteiger partial charge in [-0.05, 0) is 24.5 Å². The number of rotatable bonds is 5. The molecule has 1 amide bonds. The van der Waals surface area contributed by atoms with Crippen molar-refractivity contribution < 1.29 is 9.90 Å². The normalized spacial score (nSPS) is 12.8. The van der Waals surface area contributed by atoms with Gasteiger partial charge in [-0.15, -0.1) is 0 Å². The summed E-state index contributed by atoms with van der Waals surface area (Å²) in [5.41, 5.74) is 1.69. The smallest absolute Gasteiger partial charge is 0.267 e. The van der Waals surface area contributed by atoms with E-state index in [4.69, 9.17) is 0 Å². The van der Waals surface area contributed by atoms with Gasteiger partial charge in [0.25, 0.3) is 5.91 Å². The van der Waals surface area contributed by atoms with Crippen molar-refractivity contribution in [3.63, 3.8) is 0 Å². The highest BCUT2D eigenvalue weighted by atomic mass is 16.3. The molecule has 1 unspecified atom stereocenters. The van der Waals surface area contributed by atoms with Crippen molar-refractivity contribution in [3.8, 4) is 0 Å². The Balaban J connectivity index is 2.03. The molecule has 2 aromatic rings. The molecular formula is C16H22N2O2. The van der Waals surface area contributed by atoms with E-state index >= 15 is 0 Å². The van der Waals surface area contributed by atoms with Gasteiger partial charge < -0.3 is 15.0 Å². The van der Waals surface area contributed by atoms with Gasteiger partial charge in [-0.1, -0.05) is 32.0 Å². The number of fused-ring (bicyclic) bond motifs is 1. The Bertz CT molecular complexity index is 602. The average molecular weight is 274 g/mol. The Morgan fingerprint density at radius 3 is 2.70 bits per heavy atom. The number of para-hydroxylation sites is 1. The van der Waals surface area contributed by atoms with E-state index < -0.39 is 0 Å². The number of hydrogen-bond acceptors (Lipinski definition) is 2. The molecule has 0 aliphatic carbocycles. The van der Waals surface area contributed by atoms with Gasteiger partial charge in [0.05, 0.1) is 6.10 Å². The van der Waals surface area contributed by atoms with Crippen molar-refractivity contribution in [1.82, 2.24) is 9.88 Å². The number of aryl methyl sites for hydroxylation is 1. The molecule has 4 heteroatoms. The Kier molecular flexibility index (Phi) is 4.45. The van der Waals surface area contributed by atoms with E-state index in [-0.39, 0.29) is 17.9 Å². The molecule has 20 heavy (non-hydrogen) atoms. The van der Waals surface area contributed by atoms with Crippen molar-refractivity contribution >= 4 is 16.8 Å². The predicted octanol–water partition coefficient (Wildman–Crippen LogP) is 2.32. The third-order valence-electron chi connectivity index (χ3n) is 3.68. The number of amides is 1. The molecule has 0 aliphatic rings. The minimum absolute atomic E-state index is 0.0975. The molecule has 1 aromatic heterocycles. The van der Waals surface area contributed by atoms with Gasteiger partial charge in [-0.25, -0.2) is 0 Å². The van der Waals surface area contributed by atoms with E-state index in [1.807, 2.05) is 55.8 Å². The summed E-state index contributed by atoms with van der Waals surface area (Å²) < 4.78 is 1.89. The molecule has 2 N–H and O–H groups in total. The fourth-order valence-corrected chi connectivity index (χ4v) is 2.26. The fourth-order valence-electron chi connectivity index (χ4n) is 2.26. The first-order valence-electron chi connectivity index (χ1n) is 7.01. The van der Waals surface area contributed by atoms with Crippen LogP contribution >= 0.6 is 0 Å². The van der Waals surface area contributed by atoms with Crippen LogP contribution in [0.4, 0.5) is 0 Å². The third-order valence-corrected chi connectivity index (χ3v) is 3.68. The maximum absolute atomic E-state index is 12.2. The molecule has 0 fully saturated rings. The van der Waals surface area contributed by atoms with Crippen molar-refractivity contribution in [2.45, 2.75) is 26.4 Å². The number of nitrogens with one attached hydrogen (secondary N) is 1. The first-order valence-corrected chi connectivity index (χ1v) is 7.01. The van der Waals surface area contributed by atoms with Crippen molar-refractivity contribution in [2.75, 3.05) is 6.54 Å². The highest BCUT2D eigenvalue weighted by molar-refractivity contribution is 5.98. The molecule has 1 heterocycles. The fraction of sp³-hybridized carbons (Fsp3) is 0.438. The van der Waals surface area contributed by atoms with Gasteiger partial charge in [0.1, 0.15) is 5.69 Å². The zero-order valence-electron chi connectivity index (χ0n) is 12.3. The minimum Gasteiger partial charge on any atom is -0.393 e. The van der Waals surface area contributed by atoms with Crippen molar-refractivity contribution in [1.29, 1.82) is 0 Å². The quantitative estimate of drug-likeness (QED) is 0.879. The average Bonchev–Trinajstić information content (AvgIpc) is 2.76. The first-order chi connectivity index (χ1) is 9.50. The van der Waals surface area contributed by atoms with E-state index in [1.165, 1.54) is 0 Å². The third kappa shape index (κ3) is 3.02. The van der Waals surface area contributed by atoms with Crippen LogP contribution in [0, 0.1) is 5.92 Å². The van der Waals surface area contributed by atoms with Crippen LogP contribution in [-0.2, 0) is 7.05 Å². The molecular weight excluding hydrogens is 252 g/mol. The Hall–Kier alpha value is -1.81. The number of benzene rings is 1. The van der Waals surface area contributed by atoms with Gasteiger partial charge in [0, 0.05) is 24.5 Å². The Morgan fingerprint density at radius 2 is 2.05 bits per heavy atom. The molecule has 108 valence electrons. The molecule has 0 radical (unpaired) electrons. The number of aromatic nitrogens is 1. The van der Waals surface area contributed by atoms with Crippen LogP contribution in [0.15, 0.2) is 30.3 Å². The van der Waals surface area contributed by atoms with Crippen molar-refractivity contribution in [2.24, 2.45) is 13.0 Å². The summed E-state index contributed by atoms with van der Waals surface area (Å²) in [6.45, 7) is 4.42. The van der Waals surface area contributed by atoms with Crippen LogP contribution < -0.4 is 5.32 Å². The number of carbonyl (C=O) groups is 1. The maximum Gasteiger partial charge on any atom is 0.267 e. The zero-order chi connectivity index (χ0) is 14.7. The standard InChI is InChI=1S/C16H22N2O2/c1-11(2)15(19)8-9-17-16(20)14-10-12-6-4-5-7-13(12)18(14)3/h4-7,10-11,15,19H,8-9H2,1-3H3,(H,17,20). The zero-order valence-corrected chi connectivity index (χ0v) is 12.3. The maximum atomic E-state index is 12.2. The number of aliphatic hydroxyl groups excluding tert-OH is 1. The lowest BCUT2D eigenvalue weighted by atomic mass is 10.0. The first kappa shape index (κ1) is 14.6. The summed E-state index contributed by atoms with van der Waals surface area (Å²) in [6, 6.07) is 9.80. The lowest BCUT2D eigenvalue weighted by Crippen LogP contribution is -2.29. The molecule has 0 saturated carbocycles. The molecule has 0 spiro atoms. The van der Waals surface area contributed by atoms with Gasteiger partial charge in [0.2, 0.25) is 0 Å². The molecule has 1 atom stereocenters. The van der Waals surface area contributed by atoms with E-state index in [9.17, 15) is 9.90 Å². The number of carbonyl (C=O) groups excluding carboxylic acids is 1. The topological polar surface area (TPSA) is 54.3 Å². The van der Waals surface area contributed by atoms with E-state index in [0.717, 1.165) is 10.9 Å². The SMILES string of the molecule is CC(C)C(O)CCNC(=O)c1cc2ccccc2n1C. The molecule has 0 bridgehead atoms. The molecule has 1 aromatic carbocycles. The Labute approximate surface area is 119 Å². The van der Waals surface area contributed by atoms with Gasteiger partial charge in [-0.3, -0.25) is 4.79 Å². The lowest BCUT2D eigenvalue weighted by Gasteiger charge is -2.14. The summed E-state index contributed by atoms with van der Waals surface area (Å²) >= 11 is 0. The summed E-state index contributed by atoms with van der Waals surface area (Å²) in [7, 11) is 1.89.